The van der Waals surface area contributed by atoms with Crippen molar-refractivity contribution >= 4 is 29.2 Å². The molecule has 0 saturated carbocycles. The number of aromatic nitrogens is 2. The third-order valence-corrected chi connectivity index (χ3v) is 3.65. The fraction of sp³-hybridized carbons (Fsp3) is 0.312. The minimum atomic E-state index is -0.373. The van der Waals surface area contributed by atoms with E-state index in [1.165, 1.54) is 4.68 Å². The molecule has 0 bridgehead atoms. The van der Waals surface area contributed by atoms with E-state index in [9.17, 15) is 9.59 Å². The van der Waals surface area contributed by atoms with Crippen molar-refractivity contribution in [3.63, 3.8) is 0 Å². The van der Waals surface area contributed by atoms with Gasteiger partial charge in [-0.2, -0.15) is 5.10 Å². The monoisotopic (exact) mass is 335 g/mol. The Morgan fingerprint density at radius 2 is 2.00 bits per heavy atom. The largest absolute Gasteiger partial charge is 0.465 e. The van der Waals surface area contributed by atoms with Crippen LogP contribution in [0.25, 0.3) is 0 Å². The maximum Gasteiger partial charge on any atom is 0.327 e. The Labute approximate surface area is 139 Å². The summed E-state index contributed by atoms with van der Waals surface area (Å²) >= 11 is 6.03. The number of hydrogen-bond acceptors (Lipinski definition) is 4. The number of aryl methyl sites for hydroxylation is 1. The van der Waals surface area contributed by atoms with Crippen molar-refractivity contribution < 1.29 is 14.3 Å². The number of amides is 1. The second kappa shape index (κ2) is 7.28. The molecule has 0 aliphatic heterocycles. The van der Waals surface area contributed by atoms with Gasteiger partial charge in [0, 0.05) is 0 Å². The molecule has 0 radical (unpaired) electrons. The number of rotatable bonds is 5. The molecule has 0 fully saturated rings. The quantitative estimate of drug-likeness (QED) is 0.852. The van der Waals surface area contributed by atoms with Gasteiger partial charge in [-0.1, -0.05) is 23.7 Å². The Kier molecular flexibility index (Phi) is 5.39. The first-order valence-electron chi connectivity index (χ1n) is 7.19. The molecular weight excluding hydrogens is 318 g/mol. The van der Waals surface area contributed by atoms with E-state index in [1.807, 2.05) is 0 Å². The van der Waals surface area contributed by atoms with Crippen LogP contribution in [0.2, 0.25) is 5.02 Å². The summed E-state index contributed by atoms with van der Waals surface area (Å²) in [5.41, 5.74) is 2.24. The average Bonchev–Trinajstić information content (AvgIpc) is 2.75. The van der Waals surface area contributed by atoms with Gasteiger partial charge < -0.3 is 10.1 Å². The summed E-state index contributed by atoms with van der Waals surface area (Å²) in [4.78, 5) is 23.9. The van der Waals surface area contributed by atoms with Crippen LogP contribution < -0.4 is 5.32 Å². The second-order valence-corrected chi connectivity index (χ2v) is 5.35. The Hall–Kier alpha value is -2.34. The molecular formula is C16H18ClN3O3. The van der Waals surface area contributed by atoms with E-state index in [0.29, 0.717) is 34.3 Å². The summed E-state index contributed by atoms with van der Waals surface area (Å²) in [5, 5.41) is 7.45. The molecule has 23 heavy (non-hydrogen) atoms. The van der Waals surface area contributed by atoms with E-state index in [1.54, 1.807) is 45.0 Å². The zero-order valence-electron chi connectivity index (χ0n) is 13.2. The van der Waals surface area contributed by atoms with Gasteiger partial charge in [0.05, 0.1) is 34.3 Å². The molecule has 0 aliphatic carbocycles. The Balaban J connectivity index is 2.21. The van der Waals surface area contributed by atoms with Crippen LogP contribution in [0.1, 0.15) is 28.7 Å². The Morgan fingerprint density at radius 1 is 1.30 bits per heavy atom. The first-order chi connectivity index (χ1) is 10.9. The zero-order valence-corrected chi connectivity index (χ0v) is 14.0. The molecule has 0 unspecified atom stereocenters. The van der Waals surface area contributed by atoms with Crippen molar-refractivity contribution in [2.24, 2.45) is 0 Å². The molecule has 0 aliphatic rings. The summed E-state index contributed by atoms with van der Waals surface area (Å²) in [6.07, 6.45) is 0. The minimum Gasteiger partial charge on any atom is -0.465 e. The van der Waals surface area contributed by atoms with E-state index >= 15 is 0 Å². The van der Waals surface area contributed by atoms with Crippen molar-refractivity contribution in [2.45, 2.75) is 27.3 Å². The van der Waals surface area contributed by atoms with Crippen molar-refractivity contribution in [2.75, 3.05) is 11.9 Å². The molecule has 2 aromatic rings. The molecule has 2 rings (SSSR count). The third kappa shape index (κ3) is 3.90. The highest BCUT2D eigenvalue weighted by Gasteiger charge is 2.18. The van der Waals surface area contributed by atoms with Crippen molar-refractivity contribution in [1.82, 2.24) is 9.78 Å². The van der Waals surface area contributed by atoms with E-state index in [4.69, 9.17) is 16.3 Å². The third-order valence-electron chi connectivity index (χ3n) is 3.32. The number of benzene rings is 1. The molecule has 1 aromatic heterocycles. The number of nitrogens with one attached hydrogen (secondary N) is 1. The number of nitrogens with zero attached hydrogens (tertiary/aromatic N) is 2. The van der Waals surface area contributed by atoms with Crippen LogP contribution in [-0.4, -0.2) is 28.3 Å². The molecule has 1 heterocycles. The number of ether oxygens (including phenoxy) is 1. The molecule has 1 aromatic carbocycles. The van der Waals surface area contributed by atoms with Gasteiger partial charge in [-0.15, -0.1) is 0 Å². The van der Waals surface area contributed by atoms with Gasteiger partial charge in [0.1, 0.15) is 6.54 Å². The highest BCUT2D eigenvalue weighted by Crippen LogP contribution is 2.22. The lowest BCUT2D eigenvalue weighted by atomic mass is 10.2. The number of carbonyl (C=O) groups excluding carboxylic acids is 2. The van der Waals surface area contributed by atoms with Crippen LogP contribution in [0.5, 0.6) is 0 Å². The number of halogens is 1. The van der Waals surface area contributed by atoms with Crippen LogP contribution in [0.4, 0.5) is 5.69 Å². The number of anilines is 1. The summed E-state index contributed by atoms with van der Waals surface area (Å²) < 4.78 is 6.42. The van der Waals surface area contributed by atoms with Crippen molar-refractivity contribution in [3.05, 3.63) is 46.2 Å². The molecule has 0 saturated heterocycles. The lowest BCUT2D eigenvalue weighted by Gasteiger charge is -2.08. The summed E-state index contributed by atoms with van der Waals surface area (Å²) in [6, 6.07) is 6.80. The number of carbonyl (C=O) groups is 2. The lowest BCUT2D eigenvalue weighted by Crippen LogP contribution is -2.16. The van der Waals surface area contributed by atoms with E-state index < -0.39 is 0 Å². The van der Waals surface area contributed by atoms with Crippen LogP contribution in [0.15, 0.2) is 24.3 Å². The number of hydrogen-bond donors (Lipinski definition) is 1. The molecule has 1 N–H and O–H groups in total. The second-order valence-electron chi connectivity index (χ2n) is 4.94. The summed E-state index contributed by atoms with van der Waals surface area (Å²) in [7, 11) is 0. The normalized spacial score (nSPS) is 10.4. The smallest absolute Gasteiger partial charge is 0.327 e. The predicted octanol–water partition coefficient (Wildman–Crippen LogP) is 2.97. The molecule has 122 valence electrons. The van der Waals surface area contributed by atoms with E-state index in [2.05, 4.69) is 10.4 Å². The van der Waals surface area contributed by atoms with Gasteiger partial charge in [0.15, 0.2) is 0 Å². The molecule has 0 spiro atoms. The van der Waals surface area contributed by atoms with Crippen LogP contribution in [0, 0.1) is 13.8 Å². The molecule has 7 heteroatoms. The maximum atomic E-state index is 12.3. The average molecular weight is 336 g/mol. The molecule has 1 amide bonds. The van der Waals surface area contributed by atoms with Crippen LogP contribution >= 0.6 is 11.6 Å². The van der Waals surface area contributed by atoms with E-state index in [-0.39, 0.29) is 18.4 Å². The number of esters is 1. The van der Waals surface area contributed by atoms with Gasteiger partial charge >= 0.3 is 5.97 Å². The molecule has 0 atom stereocenters. The maximum absolute atomic E-state index is 12.3. The zero-order chi connectivity index (χ0) is 17.0. The van der Waals surface area contributed by atoms with E-state index in [0.717, 1.165) is 0 Å². The SMILES string of the molecule is CCOC(=O)Cn1nc(C)c(NC(=O)c2ccccc2Cl)c1C. The van der Waals surface area contributed by atoms with Gasteiger partial charge in [0.25, 0.3) is 5.91 Å². The first kappa shape index (κ1) is 17.0. The standard InChI is InChI=1S/C16H18ClN3O3/c1-4-23-14(21)9-20-11(3)15(10(2)19-20)18-16(22)12-7-5-6-8-13(12)17/h5-8H,4,9H2,1-3H3,(H,18,22). The van der Waals surface area contributed by atoms with Gasteiger partial charge in [-0.25, -0.2) is 0 Å². The predicted molar refractivity (Wildman–Crippen MR) is 87.7 cm³/mol. The van der Waals surface area contributed by atoms with Gasteiger partial charge in [0.2, 0.25) is 0 Å². The Bertz CT molecular complexity index is 740. The molecule has 6 nitrogen and oxygen atoms in total. The fourth-order valence-corrected chi connectivity index (χ4v) is 2.41. The highest BCUT2D eigenvalue weighted by atomic mass is 35.5. The van der Waals surface area contributed by atoms with Crippen molar-refractivity contribution in [3.8, 4) is 0 Å². The van der Waals surface area contributed by atoms with Gasteiger partial charge in [-0.05, 0) is 32.9 Å². The van der Waals surface area contributed by atoms with Crippen molar-refractivity contribution in [1.29, 1.82) is 0 Å². The highest BCUT2D eigenvalue weighted by molar-refractivity contribution is 6.34. The van der Waals surface area contributed by atoms with Gasteiger partial charge in [-0.3, -0.25) is 14.3 Å². The summed E-state index contributed by atoms with van der Waals surface area (Å²) in [5.74, 6) is -0.695. The minimum absolute atomic E-state index is 0.00246. The fourth-order valence-electron chi connectivity index (χ4n) is 2.19. The lowest BCUT2D eigenvalue weighted by molar-refractivity contribution is -0.144. The topological polar surface area (TPSA) is 73.2 Å². The van der Waals surface area contributed by atoms with Crippen LogP contribution in [-0.2, 0) is 16.1 Å². The summed E-state index contributed by atoms with van der Waals surface area (Å²) in [6.45, 7) is 5.60. The Morgan fingerprint density at radius 3 is 2.65 bits per heavy atom. The first-order valence-corrected chi connectivity index (χ1v) is 7.57. The van der Waals surface area contributed by atoms with Crippen LogP contribution in [0.3, 0.4) is 0 Å².